The molecule has 1 fully saturated rings. The highest BCUT2D eigenvalue weighted by molar-refractivity contribution is 6.46. The van der Waals surface area contributed by atoms with Crippen LogP contribution in [0.1, 0.15) is 28.3 Å². The second-order valence-corrected chi connectivity index (χ2v) is 8.81. The van der Waals surface area contributed by atoms with Crippen molar-refractivity contribution in [3.05, 3.63) is 88.5 Å². The summed E-state index contributed by atoms with van der Waals surface area (Å²) in [7, 11) is 4.63. The first-order valence-electron chi connectivity index (χ1n) is 11.8. The summed E-state index contributed by atoms with van der Waals surface area (Å²) in [4.78, 5) is 28.2. The standard InChI is InChI=1S/C29H27NO7/c1-34-21-8-4-17(5-9-21)16-30-26(19-6-11-23(35-2)24(15-19)36-3)25(28(32)29(30)33)27(31)20-7-10-22-18(14-20)12-13-37-22/h4-11,14-15,26,31H,12-13,16H2,1-3H3/b27-25+. The minimum absolute atomic E-state index is 0.0181. The molecule has 0 spiro atoms. The zero-order chi connectivity index (χ0) is 26.1. The first-order chi connectivity index (χ1) is 17.9. The number of carbonyl (C=O) groups excluding carboxylic acids is 2. The molecule has 2 aliphatic heterocycles. The van der Waals surface area contributed by atoms with Crippen molar-refractivity contribution < 1.29 is 33.6 Å². The Morgan fingerprint density at radius 1 is 0.946 bits per heavy atom. The Bertz CT molecular complexity index is 1390. The summed E-state index contributed by atoms with van der Waals surface area (Å²) in [6.07, 6.45) is 0.710. The van der Waals surface area contributed by atoms with Crippen LogP contribution in [0.2, 0.25) is 0 Å². The number of benzene rings is 3. The Labute approximate surface area is 214 Å². The van der Waals surface area contributed by atoms with Gasteiger partial charge in [0.1, 0.15) is 17.3 Å². The number of ketones is 1. The normalized spacial score (nSPS) is 17.9. The predicted octanol–water partition coefficient (Wildman–Crippen LogP) is 4.27. The third-order valence-electron chi connectivity index (χ3n) is 6.74. The molecule has 2 aliphatic rings. The molecule has 8 heteroatoms. The van der Waals surface area contributed by atoms with E-state index < -0.39 is 17.7 Å². The molecule has 0 aliphatic carbocycles. The smallest absolute Gasteiger partial charge is 0.295 e. The molecule has 190 valence electrons. The molecule has 1 saturated heterocycles. The highest BCUT2D eigenvalue weighted by Crippen LogP contribution is 2.43. The summed E-state index contributed by atoms with van der Waals surface area (Å²) in [5, 5.41) is 11.4. The summed E-state index contributed by atoms with van der Waals surface area (Å²) >= 11 is 0. The number of methoxy groups -OCH3 is 3. The number of nitrogens with zero attached hydrogens (tertiary/aromatic N) is 1. The average molecular weight is 502 g/mol. The van der Waals surface area contributed by atoms with Crippen molar-refractivity contribution in [1.82, 2.24) is 4.90 Å². The number of amides is 1. The minimum Gasteiger partial charge on any atom is -0.507 e. The largest absolute Gasteiger partial charge is 0.507 e. The van der Waals surface area contributed by atoms with E-state index in [1.807, 2.05) is 12.1 Å². The lowest BCUT2D eigenvalue weighted by atomic mass is 9.94. The van der Waals surface area contributed by atoms with Crippen LogP contribution in [0.25, 0.3) is 5.76 Å². The number of hydrogen-bond donors (Lipinski definition) is 1. The van der Waals surface area contributed by atoms with E-state index in [2.05, 4.69) is 0 Å². The van der Waals surface area contributed by atoms with Crippen molar-refractivity contribution in [3.8, 4) is 23.0 Å². The number of aliphatic hydroxyl groups excluding tert-OH is 1. The van der Waals surface area contributed by atoms with E-state index in [0.717, 1.165) is 16.9 Å². The maximum absolute atomic E-state index is 13.4. The number of likely N-dealkylation sites (tertiary alicyclic amines) is 1. The van der Waals surface area contributed by atoms with Crippen molar-refractivity contribution in [2.45, 2.75) is 19.0 Å². The minimum atomic E-state index is -0.841. The lowest BCUT2D eigenvalue weighted by molar-refractivity contribution is -0.140. The molecular weight excluding hydrogens is 474 g/mol. The van der Waals surface area contributed by atoms with Gasteiger partial charge in [0.05, 0.1) is 39.6 Å². The van der Waals surface area contributed by atoms with Gasteiger partial charge in [-0.25, -0.2) is 0 Å². The first-order valence-corrected chi connectivity index (χ1v) is 11.8. The van der Waals surface area contributed by atoms with Crippen molar-refractivity contribution in [2.75, 3.05) is 27.9 Å². The van der Waals surface area contributed by atoms with Crippen LogP contribution in [0.5, 0.6) is 23.0 Å². The van der Waals surface area contributed by atoms with Gasteiger partial charge in [-0.05, 0) is 59.2 Å². The number of hydrogen-bond acceptors (Lipinski definition) is 7. The Kier molecular flexibility index (Phi) is 6.48. The molecule has 5 rings (SSSR count). The van der Waals surface area contributed by atoms with Crippen LogP contribution in [0, 0.1) is 0 Å². The zero-order valence-corrected chi connectivity index (χ0v) is 20.8. The number of Topliss-reactive ketones (excluding diaryl/α,β-unsaturated/α-hetero) is 1. The molecule has 0 bridgehead atoms. The molecule has 2 heterocycles. The topological polar surface area (TPSA) is 94.5 Å². The van der Waals surface area contributed by atoms with Crippen LogP contribution in [0.4, 0.5) is 0 Å². The van der Waals surface area contributed by atoms with Gasteiger partial charge in [-0.2, -0.15) is 0 Å². The zero-order valence-electron chi connectivity index (χ0n) is 20.8. The highest BCUT2D eigenvalue weighted by Gasteiger charge is 2.46. The van der Waals surface area contributed by atoms with Crippen molar-refractivity contribution in [2.24, 2.45) is 0 Å². The monoisotopic (exact) mass is 501 g/mol. The number of fused-ring (bicyclic) bond motifs is 1. The fourth-order valence-electron chi connectivity index (χ4n) is 4.83. The Morgan fingerprint density at radius 3 is 2.41 bits per heavy atom. The van der Waals surface area contributed by atoms with Gasteiger partial charge in [0, 0.05) is 18.5 Å². The summed E-state index contributed by atoms with van der Waals surface area (Å²) in [5.74, 6) is 0.728. The van der Waals surface area contributed by atoms with E-state index in [1.165, 1.54) is 19.1 Å². The van der Waals surface area contributed by atoms with Crippen LogP contribution in [-0.4, -0.2) is 49.6 Å². The van der Waals surface area contributed by atoms with Crippen LogP contribution < -0.4 is 18.9 Å². The fourth-order valence-corrected chi connectivity index (χ4v) is 4.83. The Morgan fingerprint density at radius 2 is 1.70 bits per heavy atom. The molecule has 3 aromatic rings. The van der Waals surface area contributed by atoms with E-state index >= 15 is 0 Å². The lowest BCUT2D eigenvalue weighted by Crippen LogP contribution is -2.29. The molecule has 1 unspecified atom stereocenters. The fraction of sp³-hybridized carbons (Fsp3) is 0.241. The van der Waals surface area contributed by atoms with Gasteiger partial charge in [-0.1, -0.05) is 18.2 Å². The summed E-state index contributed by atoms with van der Waals surface area (Å²) < 4.78 is 21.7. The van der Waals surface area contributed by atoms with Crippen LogP contribution in [0.3, 0.4) is 0 Å². The molecule has 3 aromatic carbocycles. The number of aliphatic hydroxyl groups is 1. The molecule has 0 aromatic heterocycles. The first kappa shape index (κ1) is 24.2. The lowest BCUT2D eigenvalue weighted by Gasteiger charge is -2.26. The van der Waals surface area contributed by atoms with Gasteiger partial charge < -0.3 is 29.0 Å². The molecule has 1 N–H and O–H groups in total. The van der Waals surface area contributed by atoms with E-state index in [-0.39, 0.29) is 17.9 Å². The van der Waals surface area contributed by atoms with Crippen LogP contribution in [-0.2, 0) is 22.6 Å². The van der Waals surface area contributed by atoms with Gasteiger partial charge in [0.25, 0.3) is 11.7 Å². The third-order valence-corrected chi connectivity index (χ3v) is 6.74. The van der Waals surface area contributed by atoms with Crippen molar-refractivity contribution in [3.63, 3.8) is 0 Å². The summed E-state index contributed by atoms with van der Waals surface area (Å²) in [5.41, 5.74) is 2.83. The maximum Gasteiger partial charge on any atom is 0.295 e. The number of rotatable bonds is 7. The van der Waals surface area contributed by atoms with E-state index in [0.29, 0.717) is 41.4 Å². The van der Waals surface area contributed by atoms with Gasteiger partial charge in [-0.3, -0.25) is 9.59 Å². The molecule has 1 atom stereocenters. The van der Waals surface area contributed by atoms with Gasteiger partial charge in [-0.15, -0.1) is 0 Å². The molecule has 1 amide bonds. The molecule has 0 radical (unpaired) electrons. The third kappa shape index (κ3) is 4.35. The van der Waals surface area contributed by atoms with Gasteiger partial charge >= 0.3 is 0 Å². The molecule has 0 saturated carbocycles. The van der Waals surface area contributed by atoms with Gasteiger partial charge in [0.15, 0.2) is 11.5 Å². The SMILES string of the molecule is COc1ccc(CN2C(=O)C(=O)/C(=C(/O)c3ccc4c(c3)CCO4)C2c2ccc(OC)c(OC)c2)cc1. The molecular formula is C29H27NO7. The summed E-state index contributed by atoms with van der Waals surface area (Å²) in [6.45, 7) is 0.722. The Balaban J connectivity index is 1.64. The van der Waals surface area contributed by atoms with E-state index in [4.69, 9.17) is 18.9 Å². The quantitative estimate of drug-likeness (QED) is 0.294. The number of ether oxygens (including phenoxy) is 4. The van der Waals surface area contributed by atoms with E-state index in [1.54, 1.807) is 55.6 Å². The van der Waals surface area contributed by atoms with Crippen LogP contribution >= 0.6 is 0 Å². The molecule has 37 heavy (non-hydrogen) atoms. The van der Waals surface area contributed by atoms with Crippen molar-refractivity contribution in [1.29, 1.82) is 0 Å². The average Bonchev–Trinajstić information content (AvgIpc) is 3.50. The predicted molar refractivity (Wildman–Crippen MR) is 136 cm³/mol. The van der Waals surface area contributed by atoms with E-state index in [9.17, 15) is 14.7 Å². The van der Waals surface area contributed by atoms with Crippen molar-refractivity contribution >= 4 is 17.4 Å². The maximum atomic E-state index is 13.4. The second kappa shape index (κ2) is 9.89. The second-order valence-electron chi connectivity index (χ2n) is 8.81. The van der Waals surface area contributed by atoms with Crippen LogP contribution in [0.15, 0.2) is 66.2 Å². The molecule has 8 nitrogen and oxygen atoms in total. The summed E-state index contributed by atoms with van der Waals surface area (Å²) in [6, 6.07) is 16.9. The highest BCUT2D eigenvalue weighted by atomic mass is 16.5. The van der Waals surface area contributed by atoms with Gasteiger partial charge in [0.2, 0.25) is 0 Å². The number of carbonyl (C=O) groups is 2. The Hall–Kier alpha value is -4.46.